The van der Waals surface area contributed by atoms with Gasteiger partial charge in [0.1, 0.15) is 5.82 Å². The van der Waals surface area contributed by atoms with E-state index in [1.165, 1.54) is 12.1 Å². The fourth-order valence-corrected chi connectivity index (χ4v) is 2.84. The van der Waals surface area contributed by atoms with Crippen molar-refractivity contribution in [2.45, 2.75) is 19.3 Å². The maximum absolute atomic E-state index is 12.9. The van der Waals surface area contributed by atoms with Crippen LogP contribution in [0.3, 0.4) is 0 Å². The number of hydrogen-bond donors (Lipinski definition) is 0. The lowest BCUT2D eigenvalue weighted by Crippen LogP contribution is -1.92. The Morgan fingerprint density at radius 1 is 1.33 bits per heavy atom. The summed E-state index contributed by atoms with van der Waals surface area (Å²) in [6.45, 7) is 0. The molecule has 18 heavy (non-hydrogen) atoms. The van der Waals surface area contributed by atoms with Crippen LogP contribution in [0.15, 0.2) is 23.6 Å². The first kappa shape index (κ1) is 13.8. The van der Waals surface area contributed by atoms with E-state index in [0.29, 0.717) is 17.3 Å². The number of rotatable bonds is 5. The number of alkyl halides is 1. The highest BCUT2D eigenvalue weighted by atomic mass is 35.5. The van der Waals surface area contributed by atoms with Gasteiger partial charge in [0, 0.05) is 22.7 Å². The predicted molar refractivity (Wildman–Crippen MR) is 75.4 cm³/mol. The van der Waals surface area contributed by atoms with Gasteiger partial charge in [-0.3, -0.25) is 0 Å². The van der Waals surface area contributed by atoms with Crippen molar-refractivity contribution in [3.05, 3.63) is 50.7 Å². The summed E-state index contributed by atoms with van der Waals surface area (Å²) in [4.78, 5) is 4.51. The van der Waals surface area contributed by atoms with Crippen LogP contribution in [0, 0.1) is 5.82 Å². The van der Waals surface area contributed by atoms with Gasteiger partial charge in [0.05, 0.1) is 10.7 Å². The average Bonchev–Trinajstić information content (AvgIpc) is 2.78. The Hall–Kier alpha value is -0.640. The van der Waals surface area contributed by atoms with Crippen molar-refractivity contribution in [3.8, 4) is 0 Å². The molecule has 0 atom stereocenters. The lowest BCUT2D eigenvalue weighted by atomic mass is 10.1. The molecule has 0 aliphatic heterocycles. The van der Waals surface area contributed by atoms with Gasteiger partial charge in [-0.25, -0.2) is 9.37 Å². The summed E-state index contributed by atoms with van der Waals surface area (Å²) in [6.07, 6.45) is 2.48. The summed E-state index contributed by atoms with van der Waals surface area (Å²) < 4.78 is 12.9. The summed E-state index contributed by atoms with van der Waals surface area (Å²) in [6, 6.07) is 4.46. The Balaban J connectivity index is 2.06. The quantitative estimate of drug-likeness (QED) is 0.730. The first-order chi connectivity index (χ1) is 8.69. The molecule has 0 aliphatic carbocycles. The second-order valence-electron chi connectivity index (χ2n) is 3.94. The van der Waals surface area contributed by atoms with Gasteiger partial charge in [-0.05, 0) is 30.5 Å². The van der Waals surface area contributed by atoms with Gasteiger partial charge in [-0.2, -0.15) is 0 Å². The third-order valence-electron chi connectivity index (χ3n) is 2.52. The maximum atomic E-state index is 12.9. The Morgan fingerprint density at radius 3 is 2.89 bits per heavy atom. The molecule has 0 radical (unpaired) electrons. The van der Waals surface area contributed by atoms with Gasteiger partial charge in [0.15, 0.2) is 0 Å². The van der Waals surface area contributed by atoms with E-state index in [1.807, 2.05) is 5.38 Å². The van der Waals surface area contributed by atoms with Crippen LogP contribution in [0.4, 0.5) is 4.39 Å². The van der Waals surface area contributed by atoms with Crippen molar-refractivity contribution in [1.82, 2.24) is 4.98 Å². The van der Waals surface area contributed by atoms with E-state index in [4.69, 9.17) is 23.2 Å². The third kappa shape index (κ3) is 3.67. The van der Waals surface area contributed by atoms with E-state index < -0.39 is 0 Å². The lowest BCUT2D eigenvalue weighted by molar-refractivity contribution is 0.627. The zero-order valence-electron chi connectivity index (χ0n) is 9.63. The van der Waals surface area contributed by atoms with E-state index >= 15 is 0 Å². The summed E-state index contributed by atoms with van der Waals surface area (Å²) >= 11 is 13.2. The minimum Gasteiger partial charge on any atom is -0.246 e. The maximum Gasteiger partial charge on any atom is 0.124 e. The highest BCUT2D eigenvalue weighted by molar-refractivity contribution is 7.09. The van der Waals surface area contributed by atoms with Crippen molar-refractivity contribution in [2.24, 2.45) is 0 Å². The average molecular weight is 304 g/mol. The van der Waals surface area contributed by atoms with E-state index in [9.17, 15) is 4.39 Å². The van der Waals surface area contributed by atoms with Crippen molar-refractivity contribution in [2.75, 3.05) is 5.88 Å². The largest absolute Gasteiger partial charge is 0.246 e. The Morgan fingerprint density at radius 2 is 2.17 bits per heavy atom. The first-order valence-electron chi connectivity index (χ1n) is 5.62. The molecule has 0 bridgehead atoms. The summed E-state index contributed by atoms with van der Waals surface area (Å²) in [5.74, 6) is 0.335. The van der Waals surface area contributed by atoms with E-state index in [1.54, 1.807) is 17.4 Å². The number of thiazole rings is 1. The lowest BCUT2D eigenvalue weighted by Gasteiger charge is -2.01. The fourth-order valence-electron chi connectivity index (χ4n) is 1.62. The van der Waals surface area contributed by atoms with Crippen LogP contribution in [-0.2, 0) is 12.8 Å². The van der Waals surface area contributed by atoms with Crippen LogP contribution in [0.25, 0.3) is 0 Å². The van der Waals surface area contributed by atoms with Gasteiger partial charge in [-0.15, -0.1) is 22.9 Å². The summed E-state index contributed by atoms with van der Waals surface area (Å²) in [5.41, 5.74) is 1.96. The van der Waals surface area contributed by atoms with Gasteiger partial charge in [-0.1, -0.05) is 17.7 Å². The van der Waals surface area contributed by atoms with E-state index in [2.05, 4.69) is 4.98 Å². The smallest absolute Gasteiger partial charge is 0.124 e. The predicted octanol–water partition coefficient (Wildman–Crippen LogP) is 4.70. The molecule has 0 saturated heterocycles. The van der Waals surface area contributed by atoms with Crippen molar-refractivity contribution in [3.63, 3.8) is 0 Å². The molecule has 1 heterocycles. The summed E-state index contributed by atoms with van der Waals surface area (Å²) in [7, 11) is 0. The fraction of sp³-hybridized carbons (Fsp3) is 0.308. The molecular weight excluding hydrogens is 292 g/mol. The van der Waals surface area contributed by atoms with Gasteiger partial charge >= 0.3 is 0 Å². The van der Waals surface area contributed by atoms with Crippen LogP contribution >= 0.6 is 34.5 Å². The summed E-state index contributed by atoms with van der Waals surface area (Å²) in [5, 5.41) is 3.49. The minimum absolute atomic E-state index is 0.314. The van der Waals surface area contributed by atoms with Crippen LogP contribution in [0.5, 0.6) is 0 Å². The van der Waals surface area contributed by atoms with Crippen LogP contribution in [0.2, 0.25) is 5.02 Å². The monoisotopic (exact) mass is 303 g/mol. The number of aryl methyl sites for hydroxylation is 1. The highest BCUT2D eigenvalue weighted by Crippen LogP contribution is 2.22. The zero-order chi connectivity index (χ0) is 13.0. The molecule has 0 unspecified atom stereocenters. The van der Waals surface area contributed by atoms with Crippen LogP contribution < -0.4 is 0 Å². The Bertz CT molecular complexity index is 527. The number of aromatic nitrogens is 1. The SMILES string of the molecule is Fc1ccc(Cc2nc(CCCCl)cs2)c(Cl)c1. The van der Waals surface area contributed by atoms with Crippen molar-refractivity contribution < 1.29 is 4.39 Å². The third-order valence-corrected chi connectivity index (χ3v) is 4.04. The molecule has 1 aromatic heterocycles. The topological polar surface area (TPSA) is 12.9 Å². The van der Waals surface area contributed by atoms with Gasteiger partial charge < -0.3 is 0 Å². The second kappa shape index (κ2) is 6.50. The molecule has 0 aliphatic rings. The molecule has 0 spiro atoms. The number of nitrogens with zero attached hydrogens (tertiary/aromatic N) is 1. The molecule has 0 amide bonds. The molecule has 1 nitrogen and oxygen atoms in total. The Kier molecular flexibility index (Phi) is 4.98. The second-order valence-corrected chi connectivity index (χ2v) is 5.67. The van der Waals surface area contributed by atoms with Crippen molar-refractivity contribution in [1.29, 1.82) is 0 Å². The molecule has 96 valence electrons. The molecule has 0 fully saturated rings. The molecule has 1 aromatic carbocycles. The molecule has 0 N–H and O–H groups in total. The number of halogens is 3. The van der Waals surface area contributed by atoms with Gasteiger partial charge in [0.25, 0.3) is 0 Å². The molecule has 2 aromatic rings. The normalized spacial score (nSPS) is 10.8. The number of hydrogen-bond acceptors (Lipinski definition) is 2. The highest BCUT2D eigenvalue weighted by Gasteiger charge is 2.07. The number of benzene rings is 1. The Labute approximate surface area is 120 Å². The molecular formula is C13H12Cl2FNS. The van der Waals surface area contributed by atoms with E-state index in [0.717, 1.165) is 29.1 Å². The van der Waals surface area contributed by atoms with Gasteiger partial charge in [0.2, 0.25) is 0 Å². The zero-order valence-corrected chi connectivity index (χ0v) is 12.0. The minimum atomic E-state index is -0.314. The molecule has 2 rings (SSSR count). The molecule has 0 saturated carbocycles. The van der Waals surface area contributed by atoms with Crippen LogP contribution in [0.1, 0.15) is 22.7 Å². The van der Waals surface area contributed by atoms with Crippen molar-refractivity contribution >= 4 is 34.5 Å². The van der Waals surface area contributed by atoms with E-state index in [-0.39, 0.29) is 5.82 Å². The van der Waals surface area contributed by atoms with Crippen LogP contribution in [-0.4, -0.2) is 10.9 Å². The standard InChI is InChI=1S/C13H12Cl2FNS/c14-5-1-2-11-8-18-13(17-11)6-9-3-4-10(16)7-12(9)15/h3-4,7-8H,1-2,5-6H2. The molecule has 5 heteroatoms. The first-order valence-corrected chi connectivity index (χ1v) is 7.41.